The molecule has 0 spiro atoms. The Labute approximate surface area is 95.7 Å². The second kappa shape index (κ2) is 4.95. The van der Waals surface area contributed by atoms with E-state index in [-0.39, 0.29) is 0 Å². The van der Waals surface area contributed by atoms with Crippen molar-refractivity contribution < 1.29 is 0 Å². The van der Waals surface area contributed by atoms with E-state index in [4.69, 9.17) is 5.26 Å². The minimum absolute atomic E-state index is 0.658. The van der Waals surface area contributed by atoms with Gasteiger partial charge < -0.3 is 10.6 Å². The van der Waals surface area contributed by atoms with Crippen molar-refractivity contribution >= 4 is 5.82 Å². The maximum Gasteiger partial charge on any atom is 0.127 e. The maximum atomic E-state index is 8.82. The van der Waals surface area contributed by atoms with E-state index in [2.05, 4.69) is 21.7 Å². The predicted octanol–water partition coefficient (Wildman–Crippen LogP) is 1.43. The smallest absolute Gasteiger partial charge is 0.127 e. The van der Waals surface area contributed by atoms with Crippen LogP contribution in [-0.2, 0) is 0 Å². The summed E-state index contributed by atoms with van der Waals surface area (Å²) in [4.78, 5) is 4.32. The van der Waals surface area contributed by atoms with E-state index in [0.29, 0.717) is 5.56 Å². The summed E-state index contributed by atoms with van der Waals surface area (Å²) >= 11 is 0. The average molecular weight is 216 g/mol. The van der Waals surface area contributed by atoms with E-state index in [9.17, 15) is 0 Å². The number of rotatable bonds is 5. The molecule has 1 heterocycles. The molecule has 2 rings (SSSR count). The molecule has 0 atom stereocenters. The first-order valence-corrected chi connectivity index (χ1v) is 5.64. The first-order chi connectivity index (χ1) is 7.78. The quantitative estimate of drug-likeness (QED) is 0.731. The molecule has 0 saturated heterocycles. The number of hydrogen-bond donors (Lipinski definition) is 2. The van der Waals surface area contributed by atoms with E-state index in [1.165, 1.54) is 12.8 Å². The third-order valence-corrected chi connectivity index (χ3v) is 2.52. The topological polar surface area (TPSA) is 60.7 Å². The molecule has 0 amide bonds. The minimum Gasteiger partial charge on any atom is -0.369 e. The maximum absolute atomic E-state index is 8.82. The van der Waals surface area contributed by atoms with Crippen LogP contribution in [0.1, 0.15) is 24.1 Å². The fourth-order valence-electron chi connectivity index (χ4n) is 1.58. The highest BCUT2D eigenvalue weighted by Crippen LogP contribution is 2.18. The van der Waals surface area contributed by atoms with Gasteiger partial charge in [-0.1, -0.05) is 0 Å². The molecule has 0 aliphatic heterocycles. The van der Waals surface area contributed by atoms with Gasteiger partial charge in [0.15, 0.2) is 0 Å². The lowest BCUT2D eigenvalue weighted by molar-refractivity contribution is 0.700. The van der Waals surface area contributed by atoms with E-state index in [1.807, 2.05) is 6.92 Å². The van der Waals surface area contributed by atoms with Crippen LogP contribution < -0.4 is 10.6 Å². The second-order valence-electron chi connectivity index (χ2n) is 4.15. The molecular formula is C12H16N4. The zero-order valence-corrected chi connectivity index (χ0v) is 9.45. The fraction of sp³-hybridized carbons (Fsp3) is 0.500. The van der Waals surface area contributed by atoms with Crippen molar-refractivity contribution in [1.82, 2.24) is 10.3 Å². The molecule has 4 heteroatoms. The SMILES string of the molecule is Cc1cc(C#N)cc(NCCNC2CC2)n1. The molecule has 0 unspecified atom stereocenters. The van der Waals surface area contributed by atoms with Crippen LogP contribution in [0.2, 0.25) is 0 Å². The van der Waals surface area contributed by atoms with Gasteiger partial charge in [0.2, 0.25) is 0 Å². The van der Waals surface area contributed by atoms with Crippen LogP contribution in [0.5, 0.6) is 0 Å². The van der Waals surface area contributed by atoms with Crippen LogP contribution in [0.4, 0.5) is 5.82 Å². The number of aromatic nitrogens is 1. The zero-order chi connectivity index (χ0) is 11.4. The number of nitrogens with one attached hydrogen (secondary N) is 2. The molecule has 1 aromatic rings. The molecular weight excluding hydrogens is 200 g/mol. The zero-order valence-electron chi connectivity index (χ0n) is 9.45. The molecule has 1 fully saturated rings. The Morgan fingerprint density at radius 3 is 2.94 bits per heavy atom. The van der Waals surface area contributed by atoms with Gasteiger partial charge in [-0.3, -0.25) is 0 Å². The average Bonchev–Trinajstić information content (AvgIpc) is 3.07. The number of nitriles is 1. The minimum atomic E-state index is 0.658. The Balaban J connectivity index is 1.83. The number of nitrogens with zero attached hydrogens (tertiary/aromatic N) is 2. The van der Waals surface area contributed by atoms with Crippen LogP contribution >= 0.6 is 0 Å². The van der Waals surface area contributed by atoms with Crippen molar-refractivity contribution in [2.24, 2.45) is 0 Å². The molecule has 4 nitrogen and oxygen atoms in total. The fourth-order valence-corrected chi connectivity index (χ4v) is 1.58. The number of hydrogen-bond acceptors (Lipinski definition) is 4. The molecule has 84 valence electrons. The van der Waals surface area contributed by atoms with Crippen LogP contribution in [-0.4, -0.2) is 24.1 Å². The van der Waals surface area contributed by atoms with Gasteiger partial charge in [-0.15, -0.1) is 0 Å². The molecule has 1 aliphatic carbocycles. The normalized spacial score (nSPS) is 14.5. The van der Waals surface area contributed by atoms with Crippen molar-refractivity contribution in [2.45, 2.75) is 25.8 Å². The Hall–Kier alpha value is -1.60. The van der Waals surface area contributed by atoms with Crippen molar-refractivity contribution in [1.29, 1.82) is 5.26 Å². The number of pyridine rings is 1. The van der Waals surface area contributed by atoms with Gasteiger partial charge in [0.05, 0.1) is 11.6 Å². The van der Waals surface area contributed by atoms with Gasteiger partial charge >= 0.3 is 0 Å². The highest BCUT2D eigenvalue weighted by molar-refractivity contribution is 5.44. The van der Waals surface area contributed by atoms with Crippen molar-refractivity contribution in [3.8, 4) is 6.07 Å². The van der Waals surface area contributed by atoms with Gasteiger partial charge in [-0.25, -0.2) is 4.98 Å². The molecule has 16 heavy (non-hydrogen) atoms. The lowest BCUT2D eigenvalue weighted by atomic mass is 10.2. The summed E-state index contributed by atoms with van der Waals surface area (Å²) in [5, 5.41) is 15.5. The van der Waals surface area contributed by atoms with Gasteiger partial charge in [0.1, 0.15) is 5.82 Å². The van der Waals surface area contributed by atoms with E-state index in [1.54, 1.807) is 12.1 Å². The first-order valence-electron chi connectivity index (χ1n) is 5.64. The standard InChI is InChI=1S/C12H16N4/c1-9-6-10(8-13)7-12(16-9)15-5-4-14-11-2-3-11/h6-7,11,14H,2-5H2,1H3,(H,15,16). The molecule has 1 aromatic heterocycles. The third-order valence-electron chi connectivity index (χ3n) is 2.52. The number of aryl methyl sites for hydroxylation is 1. The van der Waals surface area contributed by atoms with Crippen LogP contribution in [0.25, 0.3) is 0 Å². The summed E-state index contributed by atoms with van der Waals surface area (Å²) in [5.41, 5.74) is 1.53. The lowest BCUT2D eigenvalue weighted by Gasteiger charge is -2.07. The van der Waals surface area contributed by atoms with Crippen LogP contribution in [0.3, 0.4) is 0 Å². The predicted molar refractivity (Wildman–Crippen MR) is 63.2 cm³/mol. The van der Waals surface area contributed by atoms with Crippen molar-refractivity contribution in [2.75, 3.05) is 18.4 Å². The van der Waals surface area contributed by atoms with Gasteiger partial charge in [0.25, 0.3) is 0 Å². The van der Waals surface area contributed by atoms with Crippen LogP contribution in [0.15, 0.2) is 12.1 Å². The highest BCUT2D eigenvalue weighted by Gasteiger charge is 2.19. The Morgan fingerprint density at radius 2 is 2.25 bits per heavy atom. The summed E-state index contributed by atoms with van der Waals surface area (Å²) in [7, 11) is 0. The lowest BCUT2D eigenvalue weighted by Crippen LogP contribution is -2.24. The summed E-state index contributed by atoms with van der Waals surface area (Å²) in [6.07, 6.45) is 2.61. The van der Waals surface area contributed by atoms with Crippen molar-refractivity contribution in [3.63, 3.8) is 0 Å². The molecule has 1 aliphatic rings. The van der Waals surface area contributed by atoms with Gasteiger partial charge in [-0.2, -0.15) is 5.26 Å². The summed E-state index contributed by atoms with van der Waals surface area (Å²) < 4.78 is 0. The largest absolute Gasteiger partial charge is 0.369 e. The second-order valence-corrected chi connectivity index (χ2v) is 4.15. The highest BCUT2D eigenvalue weighted by atomic mass is 15.0. The van der Waals surface area contributed by atoms with Crippen LogP contribution in [0, 0.1) is 18.3 Å². The van der Waals surface area contributed by atoms with E-state index in [0.717, 1.165) is 30.6 Å². The van der Waals surface area contributed by atoms with E-state index < -0.39 is 0 Å². The summed E-state index contributed by atoms with van der Waals surface area (Å²) in [6, 6.07) is 6.44. The van der Waals surface area contributed by atoms with Gasteiger partial charge in [-0.05, 0) is 31.9 Å². The first kappa shape index (κ1) is 10.9. The summed E-state index contributed by atoms with van der Waals surface area (Å²) in [5.74, 6) is 0.786. The molecule has 2 N–H and O–H groups in total. The third kappa shape index (κ3) is 3.21. The van der Waals surface area contributed by atoms with E-state index >= 15 is 0 Å². The summed E-state index contributed by atoms with van der Waals surface area (Å²) in [6.45, 7) is 3.69. The Morgan fingerprint density at radius 1 is 1.44 bits per heavy atom. The molecule has 1 saturated carbocycles. The number of anilines is 1. The van der Waals surface area contributed by atoms with Crippen molar-refractivity contribution in [3.05, 3.63) is 23.4 Å². The monoisotopic (exact) mass is 216 g/mol. The molecule has 0 bridgehead atoms. The molecule has 0 aromatic carbocycles. The van der Waals surface area contributed by atoms with Gasteiger partial charge in [0, 0.05) is 24.8 Å². The Bertz CT molecular complexity index is 404. The Kier molecular flexibility index (Phi) is 3.37. The molecule has 0 radical (unpaired) electrons.